The van der Waals surface area contributed by atoms with E-state index in [1.807, 2.05) is 0 Å². The molecule has 0 aliphatic carbocycles. The molecule has 0 unspecified atom stereocenters. The zero-order valence-corrected chi connectivity index (χ0v) is 9.37. The SMILES string of the molecule is N#Cc1ccnnc1NCCc1ccsc1. The molecule has 2 rings (SSSR count). The molecule has 0 fully saturated rings. The van der Waals surface area contributed by atoms with Gasteiger partial charge in [-0.2, -0.15) is 21.7 Å². The Hall–Kier alpha value is -1.93. The van der Waals surface area contributed by atoms with Crippen LogP contribution in [0.5, 0.6) is 0 Å². The Bertz CT molecular complexity index is 487. The van der Waals surface area contributed by atoms with Crippen LogP contribution in [-0.2, 0) is 6.42 Å². The molecule has 80 valence electrons. The predicted octanol–water partition coefficient (Wildman–Crippen LogP) is 2.06. The highest BCUT2D eigenvalue weighted by Crippen LogP contribution is 2.10. The molecular formula is C11H10N4S. The van der Waals surface area contributed by atoms with Crippen molar-refractivity contribution in [3.05, 3.63) is 40.2 Å². The standard InChI is InChI=1S/C11H10N4S/c12-7-10-2-5-14-15-11(10)13-4-1-9-3-6-16-8-9/h2-3,5-6,8H,1,4H2,(H,13,15). The average molecular weight is 230 g/mol. The first kappa shape index (κ1) is 10.6. The van der Waals surface area contributed by atoms with Gasteiger partial charge >= 0.3 is 0 Å². The summed E-state index contributed by atoms with van der Waals surface area (Å²) < 4.78 is 0. The number of rotatable bonds is 4. The Morgan fingerprint density at radius 2 is 2.38 bits per heavy atom. The lowest BCUT2D eigenvalue weighted by molar-refractivity contribution is 0.966. The van der Waals surface area contributed by atoms with Gasteiger partial charge in [-0.3, -0.25) is 0 Å². The molecule has 5 heteroatoms. The van der Waals surface area contributed by atoms with Gasteiger partial charge in [0.25, 0.3) is 0 Å². The fourth-order valence-corrected chi connectivity index (χ4v) is 2.02. The smallest absolute Gasteiger partial charge is 0.166 e. The molecule has 0 radical (unpaired) electrons. The number of hydrogen-bond acceptors (Lipinski definition) is 5. The first-order chi connectivity index (χ1) is 7.90. The summed E-state index contributed by atoms with van der Waals surface area (Å²) in [4.78, 5) is 0. The molecule has 0 saturated carbocycles. The number of aromatic nitrogens is 2. The summed E-state index contributed by atoms with van der Waals surface area (Å²) in [6.07, 6.45) is 2.44. The highest BCUT2D eigenvalue weighted by molar-refractivity contribution is 7.07. The van der Waals surface area contributed by atoms with Crippen molar-refractivity contribution in [2.24, 2.45) is 0 Å². The van der Waals surface area contributed by atoms with E-state index in [-0.39, 0.29) is 0 Å². The largest absolute Gasteiger partial charge is 0.367 e. The normalized spacial score (nSPS) is 9.69. The Balaban J connectivity index is 1.93. The van der Waals surface area contributed by atoms with Crippen molar-refractivity contribution in [2.45, 2.75) is 6.42 Å². The molecule has 4 nitrogen and oxygen atoms in total. The van der Waals surface area contributed by atoms with Crippen molar-refractivity contribution < 1.29 is 0 Å². The van der Waals surface area contributed by atoms with Crippen molar-refractivity contribution in [1.29, 1.82) is 5.26 Å². The van der Waals surface area contributed by atoms with Crippen molar-refractivity contribution in [3.63, 3.8) is 0 Å². The molecule has 2 heterocycles. The number of nitriles is 1. The molecule has 0 aliphatic rings. The summed E-state index contributed by atoms with van der Waals surface area (Å²) in [6, 6.07) is 5.82. The van der Waals surface area contributed by atoms with Crippen LogP contribution in [0.15, 0.2) is 29.1 Å². The van der Waals surface area contributed by atoms with Gasteiger partial charge in [0, 0.05) is 6.54 Å². The zero-order valence-electron chi connectivity index (χ0n) is 8.55. The van der Waals surface area contributed by atoms with Crippen molar-refractivity contribution >= 4 is 17.2 Å². The summed E-state index contributed by atoms with van der Waals surface area (Å²) in [5, 5.41) is 23.8. The predicted molar refractivity (Wildman–Crippen MR) is 63.3 cm³/mol. The fourth-order valence-electron chi connectivity index (χ4n) is 1.31. The topological polar surface area (TPSA) is 61.6 Å². The third-order valence-electron chi connectivity index (χ3n) is 2.13. The number of nitrogens with zero attached hydrogens (tertiary/aromatic N) is 3. The molecule has 0 amide bonds. The number of thiophene rings is 1. The second-order valence-electron chi connectivity index (χ2n) is 3.21. The minimum atomic E-state index is 0.528. The van der Waals surface area contributed by atoms with E-state index < -0.39 is 0 Å². The van der Waals surface area contributed by atoms with Gasteiger partial charge < -0.3 is 5.32 Å². The van der Waals surface area contributed by atoms with Crippen LogP contribution in [0, 0.1) is 11.3 Å². The minimum Gasteiger partial charge on any atom is -0.367 e. The molecular weight excluding hydrogens is 220 g/mol. The molecule has 0 atom stereocenters. The second-order valence-corrected chi connectivity index (χ2v) is 3.99. The summed E-state index contributed by atoms with van der Waals surface area (Å²) >= 11 is 1.69. The summed E-state index contributed by atoms with van der Waals surface area (Å²) in [6.45, 7) is 0.754. The van der Waals surface area contributed by atoms with Crippen molar-refractivity contribution in [1.82, 2.24) is 10.2 Å². The summed E-state index contributed by atoms with van der Waals surface area (Å²) in [7, 11) is 0. The Morgan fingerprint density at radius 3 is 3.12 bits per heavy atom. The third-order valence-corrected chi connectivity index (χ3v) is 2.86. The van der Waals surface area contributed by atoms with Gasteiger partial charge in [-0.25, -0.2) is 0 Å². The Morgan fingerprint density at radius 1 is 1.44 bits per heavy atom. The first-order valence-corrected chi connectivity index (χ1v) is 5.81. The number of nitrogens with one attached hydrogen (secondary N) is 1. The molecule has 0 saturated heterocycles. The number of anilines is 1. The Labute approximate surface area is 97.6 Å². The lowest BCUT2D eigenvalue weighted by atomic mass is 10.2. The molecule has 0 aromatic carbocycles. The van der Waals surface area contributed by atoms with Crippen molar-refractivity contribution in [3.8, 4) is 6.07 Å². The van der Waals surface area contributed by atoms with Gasteiger partial charge in [0.05, 0.1) is 11.8 Å². The van der Waals surface area contributed by atoms with Crippen LogP contribution in [0.2, 0.25) is 0 Å². The average Bonchev–Trinajstić information content (AvgIpc) is 2.83. The lowest BCUT2D eigenvalue weighted by Crippen LogP contribution is -2.07. The van der Waals surface area contributed by atoms with E-state index in [0.29, 0.717) is 11.4 Å². The van der Waals surface area contributed by atoms with E-state index in [0.717, 1.165) is 13.0 Å². The lowest BCUT2D eigenvalue weighted by Gasteiger charge is -2.04. The molecule has 16 heavy (non-hydrogen) atoms. The maximum Gasteiger partial charge on any atom is 0.166 e. The van der Waals surface area contributed by atoms with Gasteiger partial charge in [-0.15, -0.1) is 5.10 Å². The molecule has 0 aliphatic heterocycles. The minimum absolute atomic E-state index is 0.528. The number of hydrogen-bond donors (Lipinski definition) is 1. The summed E-state index contributed by atoms with van der Waals surface area (Å²) in [5.41, 5.74) is 1.82. The zero-order chi connectivity index (χ0) is 11.2. The van der Waals surface area contributed by atoms with Crippen LogP contribution >= 0.6 is 11.3 Å². The van der Waals surface area contributed by atoms with E-state index in [4.69, 9.17) is 5.26 Å². The van der Waals surface area contributed by atoms with Crippen LogP contribution in [0.3, 0.4) is 0 Å². The van der Waals surface area contributed by atoms with Crippen LogP contribution in [0.25, 0.3) is 0 Å². The highest BCUT2D eigenvalue weighted by Gasteiger charge is 2.02. The van der Waals surface area contributed by atoms with E-state index in [1.165, 1.54) is 11.8 Å². The quantitative estimate of drug-likeness (QED) is 0.873. The van der Waals surface area contributed by atoms with E-state index in [2.05, 4.69) is 38.4 Å². The van der Waals surface area contributed by atoms with Gasteiger partial charge in [0.2, 0.25) is 0 Å². The fraction of sp³-hybridized carbons (Fsp3) is 0.182. The van der Waals surface area contributed by atoms with Gasteiger partial charge in [0.1, 0.15) is 6.07 Å². The molecule has 0 bridgehead atoms. The molecule has 1 N–H and O–H groups in total. The second kappa shape index (κ2) is 5.24. The van der Waals surface area contributed by atoms with Crippen molar-refractivity contribution in [2.75, 3.05) is 11.9 Å². The van der Waals surface area contributed by atoms with E-state index in [1.54, 1.807) is 17.4 Å². The first-order valence-electron chi connectivity index (χ1n) is 4.87. The van der Waals surface area contributed by atoms with Gasteiger partial charge in [-0.05, 0) is 34.9 Å². The van der Waals surface area contributed by atoms with Gasteiger partial charge in [-0.1, -0.05) is 0 Å². The molecule has 2 aromatic rings. The van der Waals surface area contributed by atoms with Crippen LogP contribution in [-0.4, -0.2) is 16.7 Å². The summed E-state index contributed by atoms with van der Waals surface area (Å²) in [5.74, 6) is 0.556. The molecule has 2 aromatic heterocycles. The van der Waals surface area contributed by atoms with Crippen LogP contribution in [0.1, 0.15) is 11.1 Å². The highest BCUT2D eigenvalue weighted by atomic mass is 32.1. The van der Waals surface area contributed by atoms with Crippen LogP contribution in [0.4, 0.5) is 5.82 Å². The Kier molecular flexibility index (Phi) is 3.46. The molecule has 0 spiro atoms. The maximum absolute atomic E-state index is 8.85. The van der Waals surface area contributed by atoms with E-state index in [9.17, 15) is 0 Å². The van der Waals surface area contributed by atoms with E-state index >= 15 is 0 Å². The van der Waals surface area contributed by atoms with Crippen LogP contribution < -0.4 is 5.32 Å². The van der Waals surface area contributed by atoms with Gasteiger partial charge in [0.15, 0.2) is 5.82 Å². The maximum atomic E-state index is 8.85. The third kappa shape index (κ3) is 2.55. The monoisotopic (exact) mass is 230 g/mol.